The molecule has 0 amide bonds. The topological polar surface area (TPSA) is 55.5 Å². The lowest BCUT2D eigenvalue weighted by atomic mass is 9.79. The first-order chi connectivity index (χ1) is 6.18. The van der Waals surface area contributed by atoms with Crippen molar-refractivity contribution < 1.29 is 9.84 Å². The van der Waals surface area contributed by atoms with Crippen molar-refractivity contribution in [3.63, 3.8) is 0 Å². The van der Waals surface area contributed by atoms with Crippen LogP contribution in [0.1, 0.15) is 26.2 Å². The van der Waals surface area contributed by atoms with Crippen LogP contribution in [-0.4, -0.2) is 30.0 Å². The lowest BCUT2D eigenvalue weighted by Gasteiger charge is -2.35. The van der Waals surface area contributed by atoms with Crippen molar-refractivity contribution in [2.24, 2.45) is 17.6 Å². The van der Waals surface area contributed by atoms with Crippen LogP contribution < -0.4 is 5.73 Å². The van der Waals surface area contributed by atoms with Crippen LogP contribution >= 0.6 is 0 Å². The molecule has 0 radical (unpaired) electrons. The van der Waals surface area contributed by atoms with Gasteiger partial charge in [-0.2, -0.15) is 0 Å². The molecule has 0 bridgehead atoms. The summed E-state index contributed by atoms with van der Waals surface area (Å²) in [5.74, 6) is 0.821. The van der Waals surface area contributed by atoms with Gasteiger partial charge in [0.1, 0.15) is 0 Å². The fraction of sp³-hybridized carbons (Fsp3) is 1.00. The van der Waals surface area contributed by atoms with Gasteiger partial charge in [-0.1, -0.05) is 6.92 Å². The van der Waals surface area contributed by atoms with E-state index in [0.717, 1.165) is 13.0 Å². The first kappa shape index (κ1) is 9.44. The summed E-state index contributed by atoms with van der Waals surface area (Å²) in [5, 5.41) is 9.14. The summed E-state index contributed by atoms with van der Waals surface area (Å²) in [5.41, 5.74) is 6.05. The van der Waals surface area contributed by atoms with Gasteiger partial charge in [0.05, 0.1) is 6.10 Å². The van der Waals surface area contributed by atoms with Gasteiger partial charge in [-0.15, -0.1) is 0 Å². The Hall–Kier alpha value is -0.120. The molecule has 3 N–H and O–H groups in total. The Kier molecular flexibility index (Phi) is 2.34. The van der Waals surface area contributed by atoms with Crippen LogP contribution in [0.4, 0.5) is 0 Å². The Bertz CT molecular complexity index is 193. The number of aliphatic hydroxyl groups is 1. The third-order valence-corrected chi connectivity index (χ3v) is 3.60. The molecule has 1 saturated heterocycles. The lowest BCUT2D eigenvalue weighted by molar-refractivity contribution is 0.0339. The molecule has 0 aromatic carbocycles. The van der Waals surface area contributed by atoms with E-state index in [1.54, 1.807) is 0 Å². The molecule has 1 aliphatic carbocycles. The highest BCUT2D eigenvalue weighted by Gasteiger charge is 2.51. The highest BCUT2D eigenvalue weighted by atomic mass is 16.5. The summed E-state index contributed by atoms with van der Waals surface area (Å²) >= 11 is 0. The summed E-state index contributed by atoms with van der Waals surface area (Å²) in [6.07, 6.45) is 3.61. The number of rotatable bonds is 3. The fourth-order valence-electron chi connectivity index (χ4n) is 2.33. The molecule has 13 heavy (non-hydrogen) atoms. The molecule has 1 aliphatic heterocycles. The number of hydrogen-bond donors (Lipinski definition) is 2. The maximum atomic E-state index is 9.14. The molecule has 1 saturated carbocycles. The summed E-state index contributed by atoms with van der Waals surface area (Å²) in [7, 11) is 0. The fourth-order valence-corrected chi connectivity index (χ4v) is 2.33. The maximum Gasteiger partial charge on any atom is 0.0786 e. The molecule has 3 heteroatoms. The Morgan fingerprint density at radius 3 is 2.85 bits per heavy atom. The molecule has 76 valence electrons. The van der Waals surface area contributed by atoms with E-state index in [1.165, 1.54) is 12.8 Å². The van der Waals surface area contributed by atoms with E-state index in [4.69, 9.17) is 15.6 Å². The Morgan fingerprint density at radius 1 is 1.62 bits per heavy atom. The Labute approximate surface area is 79.3 Å². The van der Waals surface area contributed by atoms with Crippen molar-refractivity contribution in [2.75, 3.05) is 13.2 Å². The van der Waals surface area contributed by atoms with Crippen molar-refractivity contribution in [1.29, 1.82) is 0 Å². The summed E-state index contributed by atoms with van der Waals surface area (Å²) in [4.78, 5) is 0. The normalized spacial score (nSPS) is 42.2. The average Bonchev–Trinajstić information content (AvgIpc) is 2.89. The minimum absolute atomic E-state index is 0.153. The first-order valence-electron chi connectivity index (χ1n) is 5.20. The molecular weight excluding hydrogens is 166 g/mol. The predicted octanol–water partition coefficient (Wildman–Crippen LogP) is 0.511. The summed E-state index contributed by atoms with van der Waals surface area (Å²) in [6.45, 7) is 2.95. The Morgan fingerprint density at radius 2 is 2.31 bits per heavy atom. The average molecular weight is 185 g/mol. The van der Waals surface area contributed by atoms with E-state index in [0.29, 0.717) is 5.92 Å². The SMILES string of the molecule is CC(CO)C1(N)CCOC1C1CC1. The molecule has 3 unspecified atom stereocenters. The van der Waals surface area contributed by atoms with Gasteiger partial charge in [-0.05, 0) is 31.1 Å². The minimum atomic E-state index is -0.268. The van der Waals surface area contributed by atoms with Crippen LogP contribution in [0.15, 0.2) is 0 Å². The maximum absolute atomic E-state index is 9.14. The molecule has 1 heterocycles. The third kappa shape index (κ3) is 1.49. The van der Waals surface area contributed by atoms with E-state index in [2.05, 4.69) is 0 Å². The van der Waals surface area contributed by atoms with Crippen molar-refractivity contribution in [2.45, 2.75) is 37.8 Å². The van der Waals surface area contributed by atoms with Crippen molar-refractivity contribution in [3.05, 3.63) is 0 Å². The van der Waals surface area contributed by atoms with E-state index in [9.17, 15) is 0 Å². The van der Waals surface area contributed by atoms with Crippen LogP contribution in [0, 0.1) is 11.8 Å². The smallest absolute Gasteiger partial charge is 0.0786 e. The second-order valence-corrected chi connectivity index (χ2v) is 4.57. The third-order valence-electron chi connectivity index (χ3n) is 3.60. The molecule has 0 aromatic heterocycles. The minimum Gasteiger partial charge on any atom is -0.396 e. The van der Waals surface area contributed by atoms with Crippen LogP contribution in [0.2, 0.25) is 0 Å². The van der Waals surface area contributed by atoms with Gasteiger partial charge in [0, 0.05) is 18.8 Å². The monoisotopic (exact) mass is 185 g/mol. The molecule has 2 rings (SSSR count). The molecule has 3 nitrogen and oxygen atoms in total. The van der Waals surface area contributed by atoms with Crippen LogP contribution in [-0.2, 0) is 4.74 Å². The quantitative estimate of drug-likeness (QED) is 0.673. The first-order valence-corrected chi connectivity index (χ1v) is 5.20. The molecular formula is C10H19NO2. The number of hydrogen-bond acceptors (Lipinski definition) is 3. The van der Waals surface area contributed by atoms with Gasteiger partial charge >= 0.3 is 0 Å². The van der Waals surface area contributed by atoms with E-state index in [-0.39, 0.29) is 24.2 Å². The van der Waals surface area contributed by atoms with Crippen LogP contribution in [0.3, 0.4) is 0 Å². The molecule has 2 fully saturated rings. The van der Waals surface area contributed by atoms with Gasteiger partial charge in [-0.3, -0.25) is 0 Å². The van der Waals surface area contributed by atoms with E-state index >= 15 is 0 Å². The second-order valence-electron chi connectivity index (χ2n) is 4.57. The predicted molar refractivity (Wildman–Crippen MR) is 50.2 cm³/mol. The standard InChI is InChI=1S/C10H19NO2/c1-7(6-12)10(11)4-5-13-9(10)8-2-3-8/h7-9,12H,2-6,11H2,1H3. The van der Waals surface area contributed by atoms with Crippen molar-refractivity contribution in [3.8, 4) is 0 Å². The highest BCUT2D eigenvalue weighted by molar-refractivity contribution is 5.05. The molecule has 3 atom stereocenters. The highest BCUT2D eigenvalue weighted by Crippen LogP contribution is 2.44. The van der Waals surface area contributed by atoms with Crippen molar-refractivity contribution in [1.82, 2.24) is 0 Å². The van der Waals surface area contributed by atoms with E-state index in [1.807, 2.05) is 6.92 Å². The van der Waals surface area contributed by atoms with Crippen LogP contribution in [0.25, 0.3) is 0 Å². The zero-order valence-electron chi connectivity index (χ0n) is 8.20. The zero-order chi connectivity index (χ0) is 9.47. The zero-order valence-corrected chi connectivity index (χ0v) is 8.20. The van der Waals surface area contributed by atoms with Gasteiger partial charge in [0.15, 0.2) is 0 Å². The van der Waals surface area contributed by atoms with Crippen molar-refractivity contribution >= 4 is 0 Å². The molecule has 0 spiro atoms. The van der Waals surface area contributed by atoms with Gasteiger partial charge < -0.3 is 15.6 Å². The molecule has 2 aliphatic rings. The molecule has 0 aromatic rings. The summed E-state index contributed by atoms with van der Waals surface area (Å²) in [6, 6.07) is 0. The van der Waals surface area contributed by atoms with Gasteiger partial charge in [0.25, 0.3) is 0 Å². The number of aliphatic hydroxyl groups excluding tert-OH is 1. The van der Waals surface area contributed by atoms with E-state index < -0.39 is 0 Å². The second kappa shape index (κ2) is 3.23. The van der Waals surface area contributed by atoms with Crippen LogP contribution in [0.5, 0.6) is 0 Å². The lowest BCUT2D eigenvalue weighted by Crippen LogP contribution is -2.54. The van der Waals surface area contributed by atoms with Gasteiger partial charge in [0.2, 0.25) is 0 Å². The van der Waals surface area contributed by atoms with Gasteiger partial charge in [-0.25, -0.2) is 0 Å². The number of ether oxygens (including phenoxy) is 1. The summed E-state index contributed by atoms with van der Waals surface area (Å²) < 4.78 is 5.68. The Balaban J connectivity index is 2.09. The number of nitrogens with two attached hydrogens (primary N) is 1. The largest absolute Gasteiger partial charge is 0.396 e.